The molecule has 7 heteroatoms. The van der Waals surface area contributed by atoms with Crippen LogP contribution in [0.3, 0.4) is 0 Å². The molecular weight excluding hydrogens is 260 g/mol. The number of nitrogens with zero attached hydrogens (tertiary/aromatic N) is 3. The van der Waals surface area contributed by atoms with Crippen LogP contribution in [0.25, 0.3) is 0 Å². The van der Waals surface area contributed by atoms with Gasteiger partial charge in [0.2, 0.25) is 0 Å². The van der Waals surface area contributed by atoms with Crippen molar-refractivity contribution in [3.63, 3.8) is 0 Å². The molecule has 0 aromatic heterocycles. The van der Waals surface area contributed by atoms with E-state index in [1.54, 1.807) is 12.1 Å². The van der Waals surface area contributed by atoms with Gasteiger partial charge < -0.3 is 15.8 Å². The number of rotatable bonds is 6. The number of amidine groups is 1. The van der Waals surface area contributed by atoms with E-state index < -0.39 is 4.92 Å². The second-order valence-corrected chi connectivity index (χ2v) is 4.49. The standard InChI is InChI=1S/C13H20N4O3/c1-4-9(3)16(5-2)11-7-6-10(13(14)15-18)8-12(11)17(19)20/h6-9,18H,4-5H2,1-3H3,(H2,14,15). The Morgan fingerprint density at radius 1 is 1.55 bits per heavy atom. The molecule has 0 aliphatic heterocycles. The van der Waals surface area contributed by atoms with Gasteiger partial charge in [0.1, 0.15) is 5.69 Å². The minimum absolute atomic E-state index is 0.0451. The van der Waals surface area contributed by atoms with Crippen LogP contribution in [-0.4, -0.2) is 28.6 Å². The fourth-order valence-electron chi connectivity index (χ4n) is 2.07. The molecule has 20 heavy (non-hydrogen) atoms. The van der Waals surface area contributed by atoms with Crippen molar-refractivity contribution < 1.29 is 10.1 Å². The van der Waals surface area contributed by atoms with E-state index in [0.29, 0.717) is 17.8 Å². The van der Waals surface area contributed by atoms with Crippen LogP contribution in [0.4, 0.5) is 11.4 Å². The summed E-state index contributed by atoms with van der Waals surface area (Å²) in [6, 6.07) is 4.77. The molecule has 1 atom stereocenters. The zero-order chi connectivity index (χ0) is 15.3. The largest absolute Gasteiger partial charge is 0.409 e. The maximum Gasteiger partial charge on any atom is 0.293 e. The first-order chi connectivity index (χ1) is 9.46. The fraction of sp³-hybridized carbons (Fsp3) is 0.462. The highest BCUT2D eigenvalue weighted by atomic mass is 16.6. The normalized spacial score (nSPS) is 13.1. The molecule has 1 aromatic rings. The molecule has 0 heterocycles. The van der Waals surface area contributed by atoms with E-state index in [1.165, 1.54) is 6.07 Å². The molecule has 0 amide bonds. The second-order valence-electron chi connectivity index (χ2n) is 4.49. The van der Waals surface area contributed by atoms with Gasteiger partial charge in [-0.15, -0.1) is 0 Å². The van der Waals surface area contributed by atoms with Crippen molar-refractivity contribution in [1.82, 2.24) is 0 Å². The lowest BCUT2D eigenvalue weighted by molar-refractivity contribution is -0.384. The summed E-state index contributed by atoms with van der Waals surface area (Å²) in [5.74, 6) is -0.147. The monoisotopic (exact) mass is 280 g/mol. The molecule has 0 aliphatic carbocycles. The molecule has 0 spiro atoms. The van der Waals surface area contributed by atoms with Crippen LogP contribution in [0.1, 0.15) is 32.8 Å². The third-order valence-electron chi connectivity index (χ3n) is 3.35. The molecule has 1 unspecified atom stereocenters. The van der Waals surface area contributed by atoms with Crippen LogP contribution in [0, 0.1) is 10.1 Å². The van der Waals surface area contributed by atoms with E-state index >= 15 is 0 Å². The first-order valence-corrected chi connectivity index (χ1v) is 6.49. The second kappa shape index (κ2) is 6.74. The van der Waals surface area contributed by atoms with Crippen LogP contribution < -0.4 is 10.6 Å². The molecule has 0 radical (unpaired) electrons. The first kappa shape index (κ1) is 15.7. The number of nitro groups is 1. The van der Waals surface area contributed by atoms with Crippen molar-refractivity contribution in [3.8, 4) is 0 Å². The Labute approximate surface area is 117 Å². The summed E-state index contributed by atoms with van der Waals surface area (Å²) in [6.07, 6.45) is 0.882. The van der Waals surface area contributed by atoms with E-state index in [1.807, 2.05) is 25.7 Å². The Balaban J connectivity index is 3.36. The number of hydrogen-bond donors (Lipinski definition) is 2. The van der Waals surface area contributed by atoms with Crippen molar-refractivity contribution in [2.75, 3.05) is 11.4 Å². The molecule has 0 fully saturated rings. The number of oxime groups is 1. The number of hydrogen-bond acceptors (Lipinski definition) is 5. The summed E-state index contributed by atoms with van der Waals surface area (Å²) in [5, 5.41) is 22.8. The van der Waals surface area contributed by atoms with Gasteiger partial charge >= 0.3 is 0 Å². The predicted octanol–water partition coefficient (Wildman–Crippen LogP) is 2.31. The smallest absolute Gasteiger partial charge is 0.293 e. The average molecular weight is 280 g/mol. The van der Waals surface area contributed by atoms with E-state index in [4.69, 9.17) is 10.9 Å². The first-order valence-electron chi connectivity index (χ1n) is 6.49. The van der Waals surface area contributed by atoms with Crippen LogP contribution in [0.5, 0.6) is 0 Å². The van der Waals surface area contributed by atoms with Gasteiger partial charge in [-0.25, -0.2) is 0 Å². The van der Waals surface area contributed by atoms with Crippen LogP contribution >= 0.6 is 0 Å². The van der Waals surface area contributed by atoms with Gasteiger partial charge in [-0.05, 0) is 32.4 Å². The van der Waals surface area contributed by atoms with E-state index in [0.717, 1.165) is 6.42 Å². The molecular formula is C13H20N4O3. The van der Waals surface area contributed by atoms with Gasteiger partial charge in [0.25, 0.3) is 5.69 Å². The van der Waals surface area contributed by atoms with Crippen LogP contribution in [0.15, 0.2) is 23.4 Å². The Morgan fingerprint density at radius 2 is 2.20 bits per heavy atom. The van der Waals surface area contributed by atoms with Crippen LogP contribution in [-0.2, 0) is 0 Å². The molecule has 1 aromatic carbocycles. The lowest BCUT2D eigenvalue weighted by Gasteiger charge is -2.29. The predicted molar refractivity (Wildman–Crippen MR) is 78.4 cm³/mol. The van der Waals surface area contributed by atoms with E-state index in [9.17, 15) is 10.1 Å². The SMILES string of the molecule is CCC(C)N(CC)c1ccc(C(N)=NO)cc1[N+](=O)[O-]. The summed E-state index contributed by atoms with van der Waals surface area (Å²) in [5.41, 5.74) is 6.29. The van der Waals surface area contributed by atoms with Gasteiger partial charge in [0.05, 0.1) is 4.92 Å². The van der Waals surface area contributed by atoms with Crippen LogP contribution in [0.2, 0.25) is 0 Å². The van der Waals surface area contributed by atoms with Gasteiger partial charge in [0, 0.05) is 24.2 Å². The van der Waals surface area contributed by atoms with Crippen molar-refractivity contribution >= 4 is 17.2 Å². The lowest BCUT2D eigenvalue weighted by atomic mass is 10.1. The lowest BCUT2D eigenvalue weighted by Crippen LogP contribution is -2.32. The minimum atomic E-state index is -0.450. The van der Waals surface area contributed by atoms with Crippen molar-refractivity contribution in [2.45, 2.75) is 33.2 Å². The van der Waals surface area contributed by atoms with Gasteiger partial charge in [-0.2, -0.15) is 0 Å². The molecule has 0 bridgehead atoms. The summed E-state index contributed by atoms with van der Waals surface area (Å²) in [4.78, 5) is 12.8. The molecule has 7 nitrogen and oxygen atoms in total. The summed E-state index contributed by atoms with van der Waals surface area (Å²) in [7, 11) is 0. The zero-order valence-electron chi connectivity index (χ0n) is 11.9. The maximum atomic E-state index is 11.3. The molecule has 0 saturated carbocycles. The number of nitrogens with two attached hydrogens (primary N) is 1. The van der Waals surface area contributed by atoms with Crippen molar-refractivity contribution in [1.29, 1.82) is 0 Å². The van der Waals surface area contributed by atoms with Gasteiger partial charge in [-0.3, -0.25) is 10.1 Å². The third-order valence-corrected chi connectivity index (χ3v) is 3.35. The maximum absolute atomic E-state index is 11.3. The number of nitro benzene ring substituents is 1. The molecule has 110 valence electrons. The average Bonchev–Trinajstić information content (AvgIpc) is 2.46. The Hall–Kier alpha value is -2.31. The van der Waals surface area contributed by atoms with Crippen molar-refractivity contribution in [3.05, 3.63) is 33.9 Å². The number of benzene rings is 1. The van der Waals surface area contributed by atoms with Gasteiger partial charge in [-0.1, -0.05) is 12.1 Å². The number of anilines is 1. The molecule has 3 N–H and O–H groups in total. The molecule has 1 rings (SSSR count). The highest BCUT2D eigenvalue weighted by Gasteiger charge is 2.22. The third kappa shape index (κ3) is 3.17. The highest BCUT2D eigenvalue weighted by molar-refractivity contribution is 5.98. The summed E-state index contributed by atoms with van der Waals surface area (Å²) < 4.78 is 0. The Kier molecular flexibility index (Phi) is 5.31. The van der Waals surface area contributed by atoms with E-state index in [-0.39, 0.29) is 17.6 Å². The molecule has 0 aliphatic rings. The Bertz CT molecular complexity index is 516. The quantitative estimate of drug-likeness (QED) is 0.273. The highest BCUT2D eigenvalue weighted by Crippen LogP contribution is 2.31. The zero-order valence-corrected chi connectivity index (χ0v) is 11.9. The van der Waals surface area contributed by atoms with Crippen molar-refractivity contribution in [2.24, 2.45) is 10.9 Å². The summed E-state index contributed by atoms with van der Waals surface area (Å²) >= 11 is 0. The minimum Gasteiger partial charge on any atom is -0.409 e. The van der Waals surface area contributed by atoms with E-state index in [2.05, 4.69) is 5.16 Å². The molecule has 0 saturated heterocycles. The topological polar surface area (TPSA) is 105 Å². The fourth-order valence-corrected chi connectivity index (χ4v) is 2.07. The van der Waals surface area contributed by atoms with Gasteiger partial charge in [0.15, 0.2) is 5.84 Å². The summed E-state index contributed by atoms with van der Waals surface area (Å²) in [6.45, 7) is 6.67. The Morgan fingerprint density at radius 3 is 2.65 bits per heavy atom.